The Hall–Kier alpha value is -2.49. The van der Waals surface area contributed by atoms with Gasteiger partial charge >= 0.3 is 0 Å². The van der Waals surface area contributed by atoms with Gasteiger partial charge in [-0.15, -0.1) is 0 Å². The van der Waals surface area contributed by atoms with Crippen molar-refractivity contribution in [2.75, 3.05) is 48.5 Å². The number of quaternary nitrogens is 1. The summed E-state index contributed by atoms with van der Waals surface area (Å²) in [6.07, 6.45) is 1.73. The first-order chi connectivity index (χ1) is 14.6. The predicted octanol–water partition coefficient (Wildman–Crippen LogP) is 2.21. The highest BCUT2D eigenvalue weighted by molar-refractivity contribution is 7.84. The Morgan fingerprint density at radius 2 is 1.87 bits per heavy atom. The second-order valence-corrected chi connectivity index (χ2v) is 9.48. The zero-order valence-electron chi connectivity index (χ0n) is 19.3. The van der Waals surface area contributed by atoms with Crippen LogP contribution in [0.2, 0.25) is 0 Å². The second-order valence-electron chi connectivity index (χ2n) is 8.13. The van der Waals surface area contributed by atoms with Crippen LogP contribution in [0.4, 0.5) is 0 Å². The molecule has 0 saturated carbocycles. The molecule has 0 saturated heterocycles. The first-order valence-corrected chi connectivity index (χ1v) is 11.2. The molecule has 2 heterocycles. The Balaban J connectivity index is 0.000000423. The second kappa shape index (κ2) is 10.7. The summed E-state index contributed by atoms with van der Waals surface area (Å²) in [6.45, 7) is 4.96. The number of benzene rings is 1. The molecule has 0 aliphatic heterocycles. The van der Waals surface area contributed by atoms with Gasteiger partial charge in [0, 0.05) is 22.5 Å². The van der Waals surface area contributed by atoms with Crippen LogP contribution in [0.5, 0.6) is 11.5 Å². The van der Waals surface area contributed by atoms with E-state index in [-0.39, 0.29) is 12.4 Å². The number of likely N-dealkylation sites (N-methyl/N-ethyl adjacent to an activating group) is 1. The van der Waals surface area contributed by atoms with E-state index in [4.69, 9.17) is 14.6 Å². The Morgan fingerprint density at radius 3 is 2.42 bits per heavy atom. The highest BCUT2D eigenvalue weighted by Crippen LogP contribution is 2.26. The van der Waals surface area contributed by atoms with Crippen molar-refractivity contribution in [3.63, 3.8) is 0 Å². The molecule has 31 heavy (non-hydrogen) atoms. The number of aliphatic hydroxyl groups excluding tert-OH is 1. The Kier molecular flexibility index (Phi) is 8.55. The van der Waals surface area contributed by atoms with E-state index in [0.717, 1.165) is 33.6 Å². The highest BCUT2D eigenvalue weighted by atomic mass is 32.2. The molecule has 0 amide bonds. The van der Waals surface area contributed by atoms with Gasteiger partial charge in [-0.2, -0.15) is 0 Å². The van der Waals surface area contributed by atoms with Crippen LogP contribution in [0.1, 0.15) is 16.8 Å². The van der Waals surface area contributed by atoms with E-state index in [1.165, 1.54) is 0 Å². The van der Waals surface area contributed by atoms with Gasteiger partial charge in [-0.05, 0) is 37.0 Å². The Bertz CT molecular complexity index is 1040. The normalized spacial score (nSPS) is 12.3. The molecule has 1 aromatic carbocycles. The van der Waals surface area contributed by atoms with Crippen molar-refractivity contribution < 1.29 is 23.3 Å². The molecule has 0 radical (unpaired) electrons. The summed E-state index contributed by atoms with van der Waals surface area (Å²) in [5.41, 5.74) is 3.94. The van der Waals surface area contributed by atoms with Crippen molar-refractivity contribution in [3.8, 4) is 11.5 Å². The van der Waals surface area contributed by atoms with Crippen LogP contribution < -0.4 is 14.5 Å². The number of fused-ring (bicyclic) bond motifs is 1. The fourth-order valence-electron chi connectivity index (χ4n) is 2.85. The average molecular weight is 449 g/mol. The van der Waals surface area contributed by atoms with Crippen LogP contribution in [0.3, 0.4) is 0 Å². The van der Waals surface area contributed by atoms with Crippen LogP contribution in [-0.4, -0.2) is 72.3 Å². The molecule has 0 bridgehead atoms. The van der Waals surface area contributed by atoms with Crippen LogP contribution in [0.15, 0.2) is 29.6 Å². The number of aliphatic hydroxyl groups is 1. The SMILES string of the molecule is COc1ccc2[n-]c([S@@](=O)Cc3ncc(C)c(OC)c3C)nc2c1.C[N+](C)(C)CCO. The van der Waals surface area contributed by atoms with E-state index < -0.39 is 10.8 Å². The van der Waals surface area contributed by atoms with Gasteiger partial charge in [-0.1, -0.05) is 6.07 Å². The number of imidazole rings is 1. The molecule has 1 N–H and O–H groups in total. The molecular weight excluding hydrogens is 416 g/mol. The van der Waals surface area contributed by atoms with Crippen molar-refractivity contribution in [2.45, 2.75) is 24.8 Å². The van der Waals surface area contributed by atoms with Crippen LogP contribution in [0.25, 0.3) is 11.0 Å². The lowest BCUT2D eigenvalue weighted by Crippen LogP contribution is -2.36. The zero-order valence-corrected chi connectivity index (χ0v) is 20.1. The number of ether oxygens (including phenoxy) is 2. The first-order valence-electron chi connectivity index (χ1n) is 9.86. The van der Waals surface area contributed by atoms with Gasteiger partial charge in [0.05, 0.1) is 64.2 Å². The van der Waals surface area contributed by atoms with Gasteiger partial charge in [0.2, 0.25) is 0 Å². The number of hydrogen-bond donors (Lipinski definition) is 1. The average Bonchev–Trinajstić information content (AvgIpc) is 3.13. The van der Waals surface area contributed by atoms with Gasteiger partial charge in [-0.25, -0.2) is 0 Å². The minimum absolute atomic E-state index is 0.246. The van der Waals surface area contributed by atoms with Crippen LogP contribution >= 0.6 is 0 Å². The third kappa shape index (κ3) is 6.75. The van der Waals surface area contributed by atoms with Gasteiger partial charge in [0.15, 0.2) is 0 Å². The van der Waals surface area contributed by atoms with Gasteiger partial charge in [0.1, 0.15) is 18.0 Å². The molecule has 2 aromatic heterocycles. The summed E-state index contributed by atoms with van der Waals surface area (Å²) in [6, 6.07) is 5.39. The van der Waals surface area contributed by atoms with Gasteiger partial charge < -0.3 is 29.0 Å². The molecule has 0 aliphatic carbocycles. The summed E-state index contributed by atoms with van der Waals surface area (Å²) < 4.78 is 24.1. The summed E-state index contributed by atoms with van der Waals surface area (Å²) in [5.74, 6) is 1.71. The summed E-state index contributed by atoms with van der Waals surface area (Å²) in [7, 11) is 7.99. The quantitative estimate of drug-likeness (QED) is 0.554. The van der Waals surface area contributed by atoms with Crippen molar-refractivity contribution in [3.05, 3.63) is 41.2 Å². The lowest BCUT2D eigenvalue weighted by Gasteiger charge is -2.21. The molecule has 170 valence electrons. The molecule has 0 fully saturated rings. The van der Waals surface area contributed by atoms with Crippen molar-refractivity contribution in [2.24, 2.45) is 0 Å². The number of hydrogen-bond acceptors (Lipinski definition) is 6. The third-order valence-corrected chi connectivity index (χ3v) is 5.73. The molecule has 0 unspecified atom stereocenters. The maximum absolute atomic E-state index is 12.6. The van der Waals surface area contributed by atoms with E-state index in [0.29, 0.717) is 21.9 Å². The first kappa shape index (κ1) is 24.8. The molecule has 1 atom stereocenters. The lowest BCUT2D eigenvalue weighted by atomic mass is 10.1. The van der Waals surface area contributed by atoms with Gasteiger partial charge in [-0.3, -0.25) is 9.19 Å². The zero-order chi connectivity index (χ0) is 23.2. The summed E-state index contributed by atoms with van der Waals surface area (Å²) in [5, 5.41) is 8.69. The van der Waals surface area contributed by atoms with Crippen LogP contribution in [-0.2, 0) is 16.6 Å². The topological polar surface area (TPSA) is 95.6 Å². The van der Waals surface area contributed by atoms with Crippen molar-refractivity contribution >= 4 is 21.8 Å². The lowest BCUT2D eigenvalue weighted by molar-refractivity contribution is -0.870. The molecular formula is C22H32N4O4S. The van der Waals surface area contributed by atoms with Crippen molar-refractivity contribution in [1.29, 1.82) is 0 Å². The Labute approximate surface area is 186 Å². The number of nitrogens with zero attached hydrogens (tertiary/aromatic N) is 4. The maximum atomic E-state index is 12.6. The van der Waals surface area contributed by atoms with Crippen LogP contribution in [0, 0.1) is 13.8 Å². The third-order valence-electron chi connectivity index (χ3n) is 4.61. The van der Waals surface area contributed by atoms with E-state index in [1.54, 1.807) is 38.6 Å². The molecule has 3 rings (SSSR count). The smallest absolute Gasteiger partial charge is 0.128 e. The molecule has 3 aromatic rings. The summed E-state index contributed by atoms with van der Waals surface area (Å²) in [4.78, 5) is 13.1. The molecule has 8 nitrogen and oxygen atoms in total. The van der Waals surface area contributed by atoms with E-state index in [1.807, 2.05) is 13.8 Å². The largest absolute Gasteiger partial charge is 0.497 e. The summed E-state index contributed by atoms with van der Waals surface area (Å²) >= 11 is 0. The van der Waals surface area contributed by atoms with Gasteiger partial charge in [0.25, 0.3) is 0 Å². The number of aromatic nitrogens is 3. The fourth-order valence-corrected chi connectivity index (χ4v) is 3.92. The Morgan fingerprint density at radius 1 is 1.16 bits per heavy atom. The standard InChI is InChI=1S/C17H18N3O3S.C5H14NO/c1-10-8-18-15(11(2)16(10)23-4)9-24(21)17-19-13-6-5-12(22-3)7-14(13)20-17;1-6(2,3)4-5-7/h5-8H,9H2,1-4H3;7H,4-5H2,1-3H3/q-1;+1/t24-;/m0./s1. The number of methoxy groups -OCH3 is 2. The monoisotopic (exact) mass is 448 g/mol. The maximum Gasteiger partial charge on any atom is 0.128 e. The highest BCUT2D eigenvalue weighted by Gasteiger charge is 2.12. The predicted molar refractivity (Wildman–Crippen MR) is 122 cm³/mol. The number of pyridine rings is 1. The fraction of sp³-hybridized carbons (Fsp3) is 0.455. The van der Waals surface area contributed by atoms with E-state index in [9.17, 15) is 4.21 Å². The molecule has 9 heteroatoms. The van der Waals surface area contributed by atoms with E-state index >= 15 is 0 Å². The van der Waals surface area contributed by atoms with Crippen molar-refractivity contribution in [1.82, 2.24) is 15.0 Å². The molecule has 0 spiro atoms. The minimum Gasteiger partial charge on any atom is -0.497 e. The number of rotatable bonds is 7. The number of aryl methyl sites for hydroxylation is 1. The minimum atomic E-state index is -1.38. The molecule has 0 aliphatic rings. The van der Waals surface area contributed by atoms with E-state index in [2.05, 4.69) is 36.1 Å².